The normalized spacial score (nSPS) is 14.5. The van der Waals surface area contributed by atoms with E-state index in [-0.39, 0.29) is 11.7 Å². The van der Waals surface area contributed by atoms with Gasteiger partial charge in [0, 0.05) is 15.7 Å². The number of hydrogen-bond donors (Lipinski definition) is 2. The van der Waals surface area contributed by atoms with Crippen molar-refractivity contribution in [2.75, 3.05) is 16.9 Å². The Balaban J connectivity index is 1.36. The standard InChI is InChI=1S/C22H25N5OS2/c23-27-21(16-9-3-1-4-10-16)25-26-22(27)29-15-20(28)24-18-13-7-8-14-19(18)30-17-11-5-2-6-12-17/h2,5-8,11-14,16H,1,3-4,9-10,15,23H2,(H,24,28). The summed E-state index contributed by atoms with van der Waals surface area (Å²) in [5.41, 5.74) is 0.800. The van der Waals surface area contributed by atoms with Gasteiger partial charge < -0.3 is 11.2 Å². The molecule has 0 atom stereocenters. The lowest BCUT2D eigenvalue weighted by atomic mass is 9.89. The topological polar surface area (TPSA) is 85.8 Å². The van der Waals surface area contributed by atoms with Crippen LogP contribution in [0.3, 0.4) is 0 Å². The predicted octanol–water partition coefficient (Wildman–Crippen LogP) is 4.92. The monoisotopic (exact) mass is 439 g/mol. The van der Waals surface area contributed by atoms with Crippen molar-refractivity contribution in [1.82, 2.24) is 14.9 Å². The highest BCUT2D eigenvalue weighted by Crippen LogP contribution is 2.34. The lowest BCUT2D eigenvalue weighted by Crippen LogP contribution is -2.20. The molecule has 156 valence electrons. The third kappa shape index (κ3) is 5.17. The number of para-hydroxylation sites is 1. The van der Waals surface area contributed by atoms with Crippen LogP contribution in [0.5, 0.6) is 0 Å². The highest BCUT2D eigenvalue weighted by molar-refractivity contribution is 8.00. The van der Waals surface area contributed by atoms with Crippen molar-refractivity contribution in [2.45, 2.75) is 53.0 Å². The summed E-state index contributed by atoms with van der Waals surface area (Å²) in [5, 5.41) is 12.1. The molecule has 1 amide bonds. The molecule has 1 aliphatic carbocycles. The van der Waals surface area contributed by atoms with Crippen molar-refractivity contribution in [2.24, 2.45) is 0 Å². The van der Waals surface area contributed by atoms with Crippen LogP contribution in [-0.4, -0.2) is 26.5 Å². The van der Waals surface area contributed by atoms with E-state index in [0.29, 0.717) is 11.1 Å². The smallest absolute Gasteiger partial charge is 0.234 e. The van der Waals surface area contributed by atoms with Gasteiger partial charge in [-0.25, -0.2) is 4.68 Å². The molecule has 2 aromatic carbocycles. The number of anilines is 1. The fraction of sp³-hybridized carbons (Fsp3) is 0.318. The maximum Gasteiger partial charge on any atom is 0.234 e. The Kier molecular flexibility index (Phi) is 6.96. The summed E-state index contributed by atoms with van der Waals surface area (Å²) in [4.78, 5) is 14.7. The molecule has 0 radical (unpaired) electrons. The molecule has 3 aromatic rings. The first-order chi connectivity index (χ1) is 14.7. The lowest BCUT2D eigenvalue weighted by molar-refractivity contribution is -0.113. The van der Waals surface area contributed by atoms with Crippen LogP contribution in [0.2, 0.25) is 0 Å². The molecule has 3 N–H and O–H groups in total. The van der Waals surface area contributed by atoms with E-state index in [4.69, 9.17) is 5.84 Å². The molecular formula is C22H25N5OS2. The molecule has 1 saturated carbocycles. The molecule has 0 unspecified atom stereocenters. The third-order valence-electron chi connectivity index (χ3n) is 5.13. The number of aromatic nitrogens is 3. The number of amides is 1. The number of nitrogen functional groups attached to an aromatic ring is 1. The fourth-order valence-corrected chi connectivity index (χ4v) is 5.20. The van der Waals surface area contributed by atoms with Crippen molar-refractivity contribution < 1.29 is 4.79 Å². The number of rotatable bonds is 7. The van der Waals surface area contributed by atoms with Crippen LogP contribution in [0.4, 0.5) is 5.69 Å². The molecule has 1 heterocycles. The van der Waals surface area contributed by atoms with E-state index >= 15 is 0 Å². The highest BCUT2D eigenvalue weighted by atomic mass is 32.2. The molecule has 1 aromatic heterocycles. The molecule has 0 bridgehead atoms. The largest absolute Gasteiger partial charge is 0.336 e. The predicted molar refractivity (Wildman–Crippen MR) is 122 cm³/mol. The second-order valence-corrected chi connectivity index (χ2v) is 9.35. The van der Waals surface area contributed by atoms with Crippen molar-refractivity contribution in [3.63, 3.8) is 0 Å². The van der Waals surface area contributed by atoms with Gasteiger partial charge in [-0.3, -0.25) is 4.79 Å². The van der Waals surface area contributed by atoms with Crippen LogP contribution in [0.15, 0.2) is 69.5 Å². The Labute approximate surface area is 185 Å². The average molecular weight is 440 g/mol. The molecule has 0 saturated heterocycles. The van der Waals surface area contributed by atoms with Crippen molar-refractivity contribution in [3.8, 4) is 0 Å². The van der Waals surface area contributed by atoms with E-state index in [2.05, 4.69) is 27.6 Å². The summed E-state index contributed by atoms with van der Waals surface area (Å²) in [6.07, 6.45) is 5.92. The van der Waals surface area contributed by atoms with Crippen LogP contribution >= 0.6 is 23.5 Å². The first kappa shape index (κ1) is 20.8. The van der Waals surface area contributed by atoms with Gasteiger partial charge in [0.25, 0.3) is 0 Å². The molecule has 6 nitrogen and oxygen atoms in total. The SMILES string of the molecule is Nn1c(SCC(=O)Nc2ccccc2Sc2ccccc2)nnc1C1CCCCC1. The molecule has 30 heavy (non-hydrogen) atoms. The summed E-state index contributed by atoms with van der Waals surface area (Å²) in [5.74, 6) is 7.56. The van der Waals surface area contributed by atoms with Crippen LogP contribution in [-0.2, 0) is 4.79 Å². The Bertz CT molecular complexity index is 986. The van der Waals surface area contributed by atoms with E-state index in [1.54, 1.807) is 16.4 Å². The molecular weight excluding hydrogens is 414 g/mol. The van der Waals surface area contributed by atoms with Gasteiger partial charge in [-0.1, -0.05) is 73.1 Å². The number of carbonyl (C=O) groups excluding carboxylic acids is 1. The first-order valence-corrected chi connectivity index (χ1v) is 12.0. The van der Waals surface area contributed by atoms with Gasteiger partial charge in [-0.15, -0.1) is 10.2 Å². The molecule has 1 aliphatic rings. The number of nitrogens with one attached hydrogen (secondary N) is 1. The average Bonchev–Trinajstić information content (AvgIpc) is 3.15. The highest BCUT2D eigenvalue weighted by Gasteiger charge is 2.23. The van der Waals surface area contributed by atoms with Gasteiger partial charge >= 0.3 is 0 Å². The quantitative estimate of drug-likeness (QED) is 0.401. The number of hydrogen-bond acceptors (Lipinski definition) is 6. The number of carbonyl (C=O) groups is 1. The minimum Gasteiger partial charge on any atom is -0.336 e. The van der Waals surface area contributed by atoms with Gasteiger partial charge in [0.1, 0.15) is 0 Å². The molecule has 0 aliphatic heterocycles. The lowest BCUT2D eigenvalue weighted by Gasteiger charge is -2.20. The van der Waals surface area contributed by atoms with E-state index in [9.17, 15) is 4.79 Å². The molecule has 0 spiro atoms. The van der Waals surface area contributed by atoms with Gasteiger partial charge in [-0.05, 0) is 37.1 Å². The van der Waals surface area contributed by atoms with Crippen molar-refractivity contribution in [1.29, 1.82) is 0 Å². The third-order valence-corrected chi connectivity index (χ3v) is 7.15. The minimum absolute atomic E-state index is 0.0941. The zero-order chi connectivity index (χ0) is 20.8. The molecule has 1 fully saturated rings. The number of nitrogens with zero attached hydrogens (tertiary/aromatic N) is 3. The van der Waals surface area contributed by atoms with E-state index in [1.807, 2.05) is 42.5 Å². The summed E-state index contributed by atoms with van der Waals surface area (Å²) < 4.78 is 1.56. The van der Waals surface area contributed by atoms with Crippen molar-refractivity contribution in [3.05, 3.63) is 60.4 Å². The Morgan fingerprint density at radius 2 is 1.77 bits per heavy atom. The van der Waals surface area contributed by atoms with Gasteiger partial charge in [0.05, 0.1) is 11.4 Å². The van der Waals surface area contributed by atoms with Crippen LogP contribution in [0, 0.1) is 0 Å². The van der Waals surface area contributed by atoms with Gasteiger partial charge in [0.2, 0.25) is 11.1 Å². The fourth-order valence-electron chi connectivity index (χ4n) is 3.62. The minimum atomic E-state index is -0.0941. The second-order valence-electron chi connectivity index (χ2n) is 7.29. The van der Waals surface area contributed by atoms with E-state index in [0.717, 1.165) is 34.1 Å². The summed E-state index contributed by atoms with van der Waals surface area (Å²) in [7, 11) is 0. The van der Waals surface area contributed by atoms with Crippen LogP contribution in [0.25, 0.3) is 0 Å². The summed E-state index contributed by atoms with van der Waals surface area (Å²) >= 11 is 2.94. The Hall–Kier alpha value is -2.45. The van der Waals surface area contributed by atoms with Gasteiger partial charge in [0.15, 0.2) is 5.82 Å². The summed E-state index contributed by atoms with van der Waals surface area (Å²) in [6, 6.07) is 17.9. The number of thioether (sulfide) groups is 1. The zero-order valence-electron chi connectivity index (χ0n) is 16.7. The van der Waals surface area contributed by atoms with Crippen LogP contribution in [0.1, 0.15) is 43.8 Å². The number of nitrogens with two attached hydrogens (primary N) is 1. The van der Waals surface area contributed by atoms with E-state index < -0.39 is 0 Å². The Morgan fingerprint density at radius 3 is 2.57 bits per heavy atom. The first-order valence-electron chi connectivity index (χ1n) is 10.2. The zero-order valence-corrected chi connectivity index (χ0v) is 18.3. The van der Waals surface area contributed by atoms with E-state index in [1.165, 1.54) is 31.0 Å². The van der Waals surface area contributed by atoms with Gasteiger partial charge in [-0.2, -0.15) is 0 Å². The molecule has 8 heteroatoms. The Morgan fingerprint density at radius 1 is 1.03 bits per heavy atom. The van der Waals surface area contributed by atoms with Crippen molar-refractivity contribution >= 4 is 35.1 Å². The summed E-state index contributed by atoms with van der Waals surface area (Å²) in [6.45, 7) is 0. The molecule has 4 rings (SSSR count). The maximum absolute atomic E-state index is 12.6. The number of benzene rings is 2. The second kappa shape index (κ2) is 10.0. The van der Waals surface area contributed by atoms with Crippen LogP contribution < -0.4 is 11.2 Å². The maximum atomic E-state index is 12.6.